The number of para-hydroxylation sites is 1. The minimum absolute atomic E-state index is 0.255. The molecule has 0 aliphatic heterocycles. The van der Waals surface area contributed by atoms with Crippen molar-refractivity contribution in [2.45, 2.75) is 13.8 Å². The van der Waals surface area contributed by atoms with Gasteiger partial charge in [0.15, 0.2) is 5.96 Å². The molecule has 3 aromatic rings. The number of aromatic nitrogens is 1. The van der Waals surface area contributed by atoms with Gasteiger partial charge in [-0.15, -0.1) is 0 Å². The molecule has 0 bridgehead atoms. The van der Waals surface area contributed by atoms with E-state index < -0.39 is 5.91 Å². The standard InChI is InChI=1S/C19H18N4O/c1-11-7-8-12(2)14(9-11)17-10-15(18(24)23-19(20)21)13-5-3-4-6-16(13)22-17/h3-10H,1-2H3,(H4,20,21,23,24). The molecule has 0 atom stereocenters. The highest BCUT2D eigenvalue weighted by molar-refractivity contribution is 6.10. The predicted octanol–water partition coefficient (Wildman–Crippen LogP) is 2.93. The molecule has 3 rings (SSSR count). The fourth-order valence-corrected chi connectivity index (χ4v) is 2.68. The number of aryl methyl sites for hydroxylation is 2. The highest BCUT2D eigenvalue weighted by Gasteiger charge is 2.14. The number of pyridine rings is 1. The van der Waals surface area contributed by atoms with Crippen LogP contribution in [0.2, 0.25) is 0 Å². The van der Waals surface area contributed by atoms with Gasteiger partial charge in [-0.3, -0.25) is 4.79 Å². The van der Waals surface area contributed by atoms with Gasteiger partial charge in [-0.25, -0.2) is 4.98 Å². The summed E-state index contributed by atoms with van der Waals surface area (Å²) < 4.78 is 0. The molecule has 0 unspecified atom stereocenters. The SMILES string of the molecule is Cc1ccc(C)c(-c2cc(C(=O)N=C(N)N)c3ccccc3n2)c1. The van der Waals surface area contributed by atoms with E-state index in [1.807, 2.05) is 50.2 Å². The van der Waals surface area contributed by atoms with Crippen LogP contribution in [0.1, 0.15) is 21.5 Å². The second kappa shape index (κ2) is 6.12. The van der Waals surface area contributed by atoms with Crippen LogP contribution in [0.5, 0.6) is 0 Å². The summed E-state index contributed by atoms with van der Waals surface area (Å²) in [5, 5.41) is 0.724. The molecular weight excluding hydrogens is 300 g/mol. The first-order valence-electron chi connectivity index (χ1n) is 7.57. The van der Waals surface area contributed by atoms with E-state index in [0.29, 0.717) is 5.56 Å². The molecule has 1 aromatic heterocycles. The quantitative estimate of drug-likeness (QED) is 0.561. The predicted molar refractivity (Wildman–Crippen MR) is 96.8 cm³/mol. The summed E-state index contributed by atoms with van der Waals surface area (Å²) in [5.74, 6) is -0.727. The van der Waals surface area contributed by atoms with Crippen molar-refractivity contribution in [2.24, 2.45) is 16.5 Å². The van der Waals surface area contributed by atoms with Crippen molar-refractivity contribution in [3.8, 4) is 11.3 Å². The fraction of sp³-hybridized carbons (Fsp3) is 0.105. The van der Waals surface area contributed by atoms with Gasteiger partial charge in [-0.1, -0.05) is 35.9 Å². The largest absolute Gasteiger partial charge is 0.370 e. The van der Waals surface area contributed by atoms with Gasteiger partial charge in [0, 0.05) is 10.9 Å². The average molecular weight is 318 g/mol. The molecule has 5 heteroatoms. The van der Waals surface area contributed by atoms with Crippen LogP contribution in [0.4, 0.5) is 0 Å². The Morgan fingerprint density at radius 3 is 2.54 bits per heavy atom. The first-order valence-corrected chi connectivity index (χ1v) is 7.57. The molecule has 120 valence electrons. The number of nitrogens with zero attached hydrogens (tertiary/aromatic N) is 2. The summed E-state index contributed by atoms with van der Waals surface area (Å²) in [6.07, 6.45) is 0. The highest BCUT2D eigenvalue weighted by atomic mass is 16.1. The van der Waals surface area contributed by atoms with Gasteiger partial charge in [0.1, 0.15) is 0 Å². The number of benzene rings is 2. The zero-order valence-corrected chi connectivity index (χ0v) is 13.6. The number of carbonyl (C=O) groups is 1. The molecule has 0 saturated carbocycles. The Morgan fingerprint density at radius 1 is 1.04 bits per heavy atom. The highest BCUT2D eigenvalue weighted by Crippen LogP contribution is 2.28. The molecule has 4 N–H and O–H groups in total. The summed E-state index contributed by atoms with van der Waals surface area (Å²) in [6, 6.07) is 15.3. The van der Waals surface area contributed by atoms with Gasteiger partial charge >= 0.3 is 0 Å². The third kappa shape index (κ3) is 2.96. The Morgan fingerprint density at radius 2 is 1.79 bits per heavy atom. The summed E-state index contributed by atoms with van der Waals surface area (Å²) in [6.45, 7) is 4.04. The Labute approximate surface area is 140 Å². The number of hydrogen-bond acceptors (Lipinski definition) is 2. The number of carbonyl (C=O) groups excluding carboxylic acids is 1. The number of hydrogen-bond donors (Lipinski definition) is 2. The number of fused-ring (bicyclic) bond motifs is 1. The second-order valence-electron chi connectivity index (χ2n) is 5.73. The zero-order chi connectivity index (χ0) is 17.3. The van der Waals surface area contributed by atoms with Gasteiger partial charge in [0.05, 0.1) is 16.8 Å². The molecule has 0 radical (unpaired) electrons. The number of rotatable bonds is 2. The van der Waals surface area contributed by atoms with Crippen molar-refractivity contribution >= 4 is 22.8 Å². The Hall–Kier alpha value is -3.21. The number of nitrogens with two attached hydrogens (primary N) is 2. The summed E-state index contributed by atoms with van der Waals surface area (Å²) in [7, 11) is 0. The van der Waals surface area contributed by atoms with Gasteiger partial charge in [-0.05, 0) is 37.6 Å². The average Bonchev–Trinajstić information content (AvgIpc) is 2.55. The number of aliphatic imine (C=N–C) groups is 1. The molecule has 0 aliphatic carbocycles. The Kier molecular flexibility index (Phi) is 4.00. The molecule has 0 fully saturated rings. The minimum Gasteiger partial charge on any atom is -0.370 e. The maximum absolute atomic E-state index is 12.4. The van der Waals surface area contributed by atoms with Crippen LogP contribution < -0.4 is 11.5 Å². The molecule has 5 nitrogen and oxygen atoms in total. The molecule has 1 amide bonds. The van der Waals surface area contributed by atoms with E-state index in [4.69, 9.17) is 16.5 Å². The third-order valence-corrected chi connectivity index (χ3v) is 3.85. The number of guanidine groups is 1. The van der Waals surface area contributed by atoms with Crippen LogP contribution >= 0.6 is 0 Å². The van der Waals surface area contributed by atoms with Crippen LogP contribution in [-0.4, -0.2) is 16.9 Å². The van der Waals surface area contributed by atoms with Gasteiger partial charge in [-0.2, -0.15) is 4.99 Å². The lowest BCUT2D eigenvalue weighted by Crippen LogP contribution is -2.24. The second-order valence-corrected chi connectivity index (χ2v) is 5.73. The normalized spacial score (nSPS) is 10.6. The van der Waals surface area contributed by atoms with Crippen LogP contribution in [0.3, 0.4) is 0 Å². The lowest BCUT2D eigenvalue weighted by Gasteiger charge is -2.10. The van der Waals surface area contributed by atoms with E-state index >= 15 is 0 Å². The summed E-state index contributed by atoms with van der Waals surface area (Å²) in [4.78, 5) is 20.8. The number of amides is 1. The van der Waals surface area contributed by atoms with Crippen LogP contribution in [0.25, 0.3) is 22.2 Å². The van der Waals surface area contributed by atoms with Gasteiger partial charge in [0.2, 0.25) is 0 Å². The molecule has 1 heterocycles. The lowest BCUT2D eigenvalue weighted by atomic mass is 9.99. The van der Waals surface area contributed by atoms with E-state index in [1.165, 1.54) is 0 Å². The van der Waals surface area contributed by atoms with Crippen molar-refractivity contribution in [2.75, 3.05) is 0 Å². The van der Waals surface area contributed by atoms with E-state index in [9.17, 15) is 4.79 Å². The maximum Gasteiger partial charge on any atom is 0.280 e. The van der Waals surface area contributed by atoms with Crippen molar-refractivity contribution in [1.29, 1.82) is 0 Å². The van der Waals surface area contributed by atoms with Crippen molar-refractivity contribution in [1.82, 2.24) is 4.98 Å². The monoisotopic (exact) mass is 318 g/mol. The first kappa shape index (κ1) is 15.7. The van der Waals surface area contributed by atoms with E-state index in [1.54, 1.807) is 6.07 Å². The van der Waals surface area contributed by atoms with Crippen LogP contribution in [0, 0.1) is 13.8 Å². The van der Waals surface area contributed by atoms with Crippen molar-refractivity contribution in [3.63, 3.8) is 0 Å². The lowest BCUT2D eigenvalue weighted by molar-refractivity contribution is 0.100. The van der Waals surface area contributed by atoms with Crippen LogP contribution in [0.15, 0.2) is 53.5 Å². The third-order valence-electron chi connectivity index (χ3n) is 3.85. The minimum atomic E-state index is -0.472. The maximum atomic E-state index is 12.4. The molecule has 2 aromatic carbocycles. The summed E-state index contributed by atoms with van der Waals surface area (Å²) >= 11 is 0. The molecule has 0 saturated heterocycles. The van der Waals surface area contributed by atoms with Crippen molar-refractivity contribution < 1.29 is 4.79 Å². The molecule has 0 spiro atoms. The topological polar surface area (TPSA) is 94.4 Å². The van der Waals surface area contributed by atoms with E-state index in [-0.39, 0.29) is 5.96 Å². The van der Waals surface area contributed by atoms with Crippen molar-refractivity contribution in [3.05, 3.63) is 65.2 Å². The van der Waals surface area contributed by atoms with Gasteiger partial charge < -0.3 is 11.5 Å². The van der Waals surface area contributed by atoms with E-state index in [2.05, 4.69) is 11.1 Å². The molecule has 24 heavy (non-hydrogen) atoms. The van der Waals surface area contributed by atoms with Gasteiger partial charge in [0.25, 0.3) is 5.91 Å². The Bertz CT molecular complexity index is 972. The first-order chi connectivity index (χ1) is 11.5. The molecular formula is C19H18N4O. The smallest absolute Gasteiger partial charge is 0.280 e. The van der Waals surface area contributed by atoms with E-state index in [0.717, 1.165) is 33.3 Å². The molecule has 0 aliphatic rings. The fourth-order valence-electron chi connectivity index (χ4n) is 2.68. The Balaban J connectivity index is 2.29. The van der Waals surface area contributed by atoms with Crippen LogP contribution in [-0.2, 0) is 0 Å². The summed E-state index contributed by atoms with van der Waals surface area (Å²) in [5.41, 5.74) is 15.8. The zero-order valence-electron chi connectivity index (χ0n) is 13.6.